The lowest BCUT2D eigenvalue weighted by molar-refractivity contribution is 0.307. The van der Waals surface area contributed by atoms with Crippen LogP contribution >= 0.6 is 0 Å². The third-order valence-corrected chi connectivity index (χ3v) is 2.73. The number of anilines is 3. The maximum Gasteiger partial charge on any atom is 0.242 e. The van der Waals surface area contributed by atoms with E-state index in [9.17, 15) is 0 Å². The summed E-state index contributed by atoms with van der Waals surface area (Å²) in [5.41, 5.74) is 7.23. The first-order valence-corrected chi connectivity index (χ1v) is 6.98. The molecule has 2 aromatic rings. The van der Waals surface area contributed by atoms with Gasteiger partial charge >= 0.3 is 0 Å². The number of hydrogen-bond acceptors (Lipinski definition) is 6. The molecule has 0 aliphatic carbocycles. The van der Waals surface area contributed by atoms with Gasteiger partial charge in [-0.05, 0) is 25.5 Å². The highest BCUT2D eigenvalue weighted by molar-refractivity contribution is 5.74. The fourth-order valence-electron chi connectivity index (χ4n) is 1.77. The maximum absolute atomic E-state index is 6.04. The third kappa shape index (κ3) is 3.75. The Morgan fingerprint density at radius 1 is 1.14 bits per heavy atom. The van der Waals surface area contributed by atoms with E-state index < -0.39 is 0 Å². The van der Waals surface area contributed by atoms with Crippen molar-refractivity contribution in [2.24, 2.45) is 0 Å². The van der Waals surface area contributed by atoms with Crippen molar-refractivity contribution < 1.29 is 9.47 Å². The molecule has 0 fully saturated rings. The number of nitrogens with zero attached hydrogens (tertiary/aromatic N) is 2. The molecule has 1 aromatic carbocycles. The predicted molar refractivity (Wildman–Crippen MR) is 83.1 cm³/mol. The summed E-state index contributed by atoms with van der Waals surface area (Å²) in [6.45, 7) is 5.11. The molecular formula is C15H20N4O2. The monoisotopic (exact) mass is 288 g/mol. The summed E-state index contributed by atoms with van der Waals surface area (Å²) < 4.78 is 11.1. The van der Waals surface area contributed by atoms with Gasteiger partial charge in [-0.15, -0.1) is 0 Å². The topological polar surface area (TPSA) is 82.3 Å². The molecule has 0 aliphatic heterocycles. The molecule has 21 heavy (non-hydrogen) atoms. The van der Waals surface area contributed by atoms with Crippen molar-refractivity contribution in [3.8, 4) is 11.6 Å². The van der Waals surface area contributed by atoms with Crippen LogP contribution in [0.2, 0.25) is 0 Å². The summed E-state index contributed by atoms with van der Waals surface area (Å²) in [6, 6.07) is 7.61. The molecule has 6 nitrogen and oxygen atoms in total. The van der Waals surface area contributed by atoms with E-state index in [1.807, 2.05) is 38.1 Å². The molecule has 112 valence electrons. The summed E-state index contributed by atoms with van der Waals surface area (Å²) in [4.78, 5) is 8.21. The van der Waals surface area contributed by atoms with E-state index in [0.717, 1.165) is 17.9 Å². The molecule has 0 atom stereocenters. The Hall–Kier alpha value is -2.50. The van der Waals surface area contributed by atoms with Crippen molar-refractivity contribution in [3.63, 3.8) is 0 Å². The first kappa shape index (κ1) is 14.9. The highest BCUT2D eigenvalue weighted by Crippen LogP contribution is 2.31. The number of benzene rings is 1. The number of rotatable bonds is 7. The Morgan fingerprint density at radius 2 is 1.95 bits per heavy atom. The largest absolute Gasteiger partial charge is 0.492 e. The molecule has 0 unspecified atom stereocenters. The molecule has 2 rings (SSSR count). The van der Waals surface area contributed by atoms with Crippen molar-refractivity contribution in [1.29, 1.82) is 0 Å². The molecule has 0 radical (unpaired) electrons. The Labute approximate surface area is 124 Å². The first-order chi connectivity index (χ1) is 10.3. The Balaban J connectivity index is 2.23. The average Bonchev–Trinajstić information content (AvgIpc) is 2.50. The minimum atomic E-state index is 0.386. The van der Waals surface area contributed by atoms with Gasteiger partial charge in [0.05, 0.1) is 18.9 Å². The predicted octanol–water partition coefficient (Wildman–Crippen LogP) is 2.99. The number of nitrogens with one attached hydrogen (secondary N) is 1. The van der Waals surface area contributed by atoms with Gasteiger partial charge in [-0.25, -0.2) is 4.98 Å². The van der Waals surface area contributed by atoms with Gasteiger partial charge in [0.25, 0.3) is 0 Å². The Kier molecular flexibility index (Phi) is 5.20. The van der Waals surface area contributed by atoms with E-state index in [4.69, 9.17) is 15.2 Å². The van der Waals surface area contributed by atoms with Gasteiger partial charge in [0.2, 0.25) is 5.88 Å². The molecule has 0 saturated carbocycles. The quantitative estimate of drug-likeness (QED) is 0.815. The molecule has 0 bridgehead atoms. The maximum atomic E-state index is 6.04. The molecule has 0 aliphatic rings. The second-order valence-corrected chi connectivity index (χ2v) is 4.34. The highest BCUT2D eigenvalue weighted by Gasteiger charge is 2.11. The van der Waals surface area contributed by atoms with Crippen molar-refractivity contribution in [3.05, 3.63) is 30.6 Å². The van der Waals surface area contributed by atoms with Crippen LogP contribution in [0.3, 0.4) is 0 Å². The van der Waals surface area contributed by atoms with Crippen LogP contribution in [0.4, 0.5) is 17.2 Å². The van der Waals surface area contributed by atoms with Gasteiger partial charge in [0.15, 0.2) is 5.82 Å². The number of para-hydroxylation sites is 2. The standard InChI is InChI=1S/C15H20N4O2/c1-3-9-21-15-13(16)14(17-10-18-15)19-11-7-5-6-8-12(11)20-4-2/h5-8,10H,3-4,9,16H2,1-2H3,(H,17,18,19). The zero-order valence-electron chi connectivity index (χ0n) is 12.3. The van der Waals surface area contributed by atoms with Crippen LogP contribution in [-0.2, 0) is 0 Å². The smallest absolute Gasteiger partial charge is 0.242 e. The van der Waals surface area contributed by atoms with Gasteiger partial charge in [0, 0.05) is 0 Å². The lowest BCUT2D eigenvalue weighted by atomic mass is 10.3. The SMILES string of the molecule is CCCOc1ncnc(Nc2ccccc2OCC)c1N. The van der Waals surface area contributed by atoms with Crippen LogP contribution < -0.4 is 20.5 Å². The summed E-state index contributed by atoms with van der Waals surface area (Å²) in [7, 11) is 0. The van der Waals surface area contributed by atoms with Crippen molar-refractivity contribution in [2.45, 2.75) is 20.3 Å². The Bertz CT molecular complexity index is 590. The van der Waals surface area contributed by atoms with Crippen LogP contribution in [0.1, 0.15) is 20.3 Å². The van der Waals surface area contributed by atoms with E-state index >= 15 is 0 Å². The number of ether oxygens (including phenoxy) is 2. The minimum Gasteiger partial charge on any atom is -0.492 e. The van der Waals surface area contributed by atoms with Crippen LogP contribution in [-0.4, -0.2) is 23.2 Å². The minimum absolute atomic E-state index is 0.386. The lowest BCUT2D eigenvalue weighted by Crippen LogP contribution is -2.06. The lowest BCUT2D eigenvalue weighted by Gasteiger charge is -2.14. The van der Waals surface area contributed by atoms with Gasteiger partial charge in [0.1, 0.15) is 17.8 Å². The van der Waals surface area contributed by atoms with E-state index in [2.05, 4.69) is 15.3 Å². The van der Waals surface area contributed by atoms with E-state index in [1.165, 1.54) is 6.33 Å². The van der Waals surface area contributed by atoms with Crippen LogP contribution in [0.15, 0.2) is 30.6 Å². The fourth-order valence-corrected chi connectivity index (χ4v) is 1.77. The second-order valence-electron chi connectivity index (χ2n) is 4.34. The zero-order valence-corrected chi connectivity index (χ0v) is 12.3. The first-order valence-electron chi connectivity index (χ1n) is 6.98. The number of nitrogens with two attached hydrogens (primary N) is 1. The van der Waals surface area contributed by atoms with Gasteiger partial charge in [-0.2, -0.15) is 4.98 Å². The van der Waals surface area contributed by atoms with Gasteiger partial charge in [-0.3, -0.25) is 0 Å². The summed E-state index contributed by atoms with van der Waals surface area (Å²) in [5, 5.41) is 3.16. The van der Waals surface area contributed by atoms with E-state index in [1.54, 1.807) is 0 Å². The van der Waals surface area contributed by atoms with E-state index in [-0.39, 0.29) is 0 Å². The zero-order chi connectivity index (χ0) is 15.1. The molecule has 0 amide bonds. The van der Waals surface area contributed by atoms with Crippen molar-refractivity contribution in [2.75, 3.05) is 24.3 Å². The number of nitrogen functional groups attached to an aromatic ring is 1. The van der Waals surface area contributed by atoms with Crippen molar-refractivity contribution in [1.82, 2.24) is 9.97 Å². The summed E-state index contributed by atoms with van der Waals surface area (Å²) in [5.74, 6) is 1.64. The average molecular weight is 288 g/mol. The number of hydrogen-bond donors (Lipinski definition) is 2. The second kappa shape index (κ2) is 7.33. The van der Waals surface area contributed by atoms with Crippen LogP contribution in [0, 0.1) is 0 Å². The van der Waals surface area contributed by atoms with Gasteiger partial charge in [-0.1, -0.05) is 19.1 Å². The molecule has 0 saturated heterocycles. The Morgan fingerprint density at radius 3 is 2.71 bits per heavy atom. The van der Waals surface area contributed by atoms with E-state index in [0.29, 0.717) is 30.6 Å². The fraction of sp³-hybridized carbons (Fsp3) is 0.333. The normalized spacial score (nSPS) is 10.2. The van der Waals surface area contributed by atoms with Crippen LogP contribution in [0.25, 0.3) is 0 Å². The molecule has 1 aromatic heterocycles. The summed E-state index contributed by atoms with van der Waals surface area (Å²) in [6.07, 6.45) is 2.31. The highest BCUT2D eigenvalue weighted by atomic mass is 16.5. The molecule has 1 heterocycles. The molecule has 3 N–H and O–H groups in total. The van der Waals surface area contributed by atoms with Gasteiger partial charge < -0.3 is 20.5 Å². The third-order valence-electron chi connectivity index (χ3n) is 2.73. The van der Waals surface area contributed by atoms with Crippen molar-refractivity contribution >= 4 is 17.2 Å². The number of aromatic nitrogens is 2. The van der Waals surface area contributed by atoms with Crippen LogP contribution in [0.5, 0.6) is 11.6 Å². The summed E-state index contributed by atoms with van der Waals surface area (Å²) >= 11 is 0. The molecular weight excluding hydrogens is 268 g/mol. The molecule has 6 heteroatoms. The molecule has 0 spiro atoms.